The first-order chi connectivity index (χ1) is 13.0. The highest BCUT2D eigenvalue weighted by Gasteiger charge is 2.19. The van der Waals surface area contributed by atoms with Crippen molar-refractivity contribution in [3.05, 3.63) is 48.0 Å². The van der Waals surface area contributed by atoms with Gasteiger partial charge in [0.25, 0.3) is 0 Å². The number of nitrogens with one attached hydrogen (secondary N) is 1. The fourth-order valence-electron chi connectivity index (χ4n) is 2.94. The van der Waals surface area contributed by atoms with Gasteiger partial charge < -0.3 is 24.4 Å². The molecule has 0 fully saturated rings. The number of urea groups is 1. The Labute approximate surface area is 161 Å². The average Bonchev–Trinajstić information content (AvgIpc) is 2.68. The maximum absolute atomic E-state index is 12.8. The number of benzene rings is 2. The van der Waals surface area contributed by atoms with Crippen molar-refractivity contribution >= 4 is 11.7 Å². The summed E-state index contributed by atoms with van der Waals surface area (Å²) in [5, 5.41) is 2.93. The van der Waals surface area contributed by atoms with Crippen LogP contribution in [-0.4, -0.2) is 44.8 Å². The monoisotopic (exact) mass is 372 g/mol. The van der Waals surface area contributed by atoms with E-state index in [1.807, 2.05) is 38.1 Å². The zero-order valence-corrected chi connectivity index (χ0v) is 16.6. The summed E-state index contributed by atoms with van der Waals surface area (Å²) < 4.78 is 15.7. The average molecular weight is 372 g/mol. The van der Waals surface area contributed by atoms with Crippen molar-refractivity contribution in [2.75, 3.05) is 33.2 Å². The van der Waals surface area contributed by atoms with Gasteiger partial charge in [0.1, 0.15) is 17.2 Å². The van der Waals surface area contributed by atoms with Crippen molar-refractivity contribution < 1.29 is 19.0 Å². The standard InChI is InChI=1S/C21H28N2O4/c1-6-23(15(2)11-16-7-9-18(25-3)10-8-16)21(24)22-17-12-19(26-4)14-20(13-17)27-5/h7-10,12-15H,6,11H2,1-5H3,(H,22,24). The molecule has 0 bridgehead atoms. The molecule has 1 atom stereocenters. The van der Waals surface area contributed by atoms with Crippen LogP contribution in [0.15, 0.2) is 42.5 Å². The predicted molar refractivity (Wildman–Crippen MR) is 107 cm³/mol. The number of carbonyl (C=O) groups excluding carboxylic acids is 1. The lowest BCUT2D eigenvalue weighted by Gasteiger charge is -2.28. The van der Waals surface area contributed by atoms with Gasteiger partial charge in [0.15, 0.2) is 0 Å². The third-order valence-electron chi connectivity index (χ3n) is 4.43. The number of amides is 2. The quantitative estimate of drug-likeness (QED) is 0.754. The SMILES string of the molecule is CCN(C(=O)Nc1cc(OC)cc(OC)c1)C(C)Cc1ccc(OC)cc1. The van der Waals surface area contributed by atoms with E-state index in [1.165, 1.54) is 0 Å². The van der Waals surface area contributed by atoms with E-state index in [0.29, 0.717) is 23.7 Å². The van der Waals surface area contributed by atoms with Crippen molar-refractivity contribution in [1.29, 1.82) is 0 Å². The lowest BCUT2D eigenvalue weighted by Crippen LogP contribution is -2.42. The molecule has 27 heavy (non-hydrogen) atoms. The Morgan fingerprint density at radius 3 is 2.00 bits per heavy atom. The largest absolute Gasteiger partial charge is 0.497 e. The van der Waals surface area contributed by atoms with Crippen molar-refractivity contribution in [3.8, 4) is 17.2 Å². The third kappa shape index (κ3) is 5.54. The maximum atomic E-state index is 12.8. The lowest BCUT2D eigenvalue weighted by molar-refractivity contribution is 0.196. The Morgan fingerprint density at radius 1 is 0.963 bits per heavy atom. The molecule has 0 saturated carbocycles. The third-order valence-corrected chi connectivity index (χ3v) is 4.43. The molecule has 1 N–H and O–H groups in total. The molecule has 6 nitrogen and oxygen atoms in total. The second-order valence-electron chi connectivity index (χ2n) is 6.22. The molecule has 2 rings (SSSR count). The molecule has 6 heteroatoms. The molecule has 2 aromatic carbocycles. The van der Waals surface area contributed by atoms with Crippen LogP contribution >= 0.6 is 0 Å². The number of rotatable bonds is 8. The van der Waals surface area contributed by atoms with E-state index in [1.54, 1.807) is 44.4 Å². The molecule has 0 aliphatic heterocycles. The van der Waals surface area contributed by atoms with E-state index in [2.05, 4.69) is 5.32 Å². The van der Waals surface area contributed by atoms with Gasteiger partial charge in [-0.25, -0.2) is 4.79 Å². The van der Waals surface area contributed by atoms with E-state index >= 15 is 0 Å². The highest BCUT2D eigenvalue weighted by Crippen LogP contribution is 2.26. The van der Waals surface area contributed by atoms with Crippen LogP contribution in [0.3, 0.4) is 0 Å². The maximum Gasteiger partial charge on any atom is 0.322 e. The number of carbonyl (C=O) groups is 1. The normalized spacial score (nSPS) is 11.4. The smallest absolute Gasteiger partial charge is 0.322 e. The second-order valence-corrected chi connectivity index (χ2v) is 6.22. The van der Waals surface area contributed by atoms with Crippen molar-refractivity contribution in [2.45, 2.75) is 26.3 Å². The first kappa shape index (κ1) is 20.4. The van der Waals surface area contributed by atoms with Gasteiger partial charge in [-0.1, -0.05) is 12.1 Å². The fourth-order valence-corrected chi connectivity index (χ4v) is 2.94. The van der Waals surface area contributed by atoms with Crippen molar-refractivity contribution in [2.24, 2.45) is 0 Å². The van der Waals surface area contributed by atoms with Gasteiger partial charge in [-0.05, 0) is 38.0 Å². The molecule has 0 aromatic heterocycles. The first-order valence-electron chi connectivity index (χ1n) is 8.94. The molecule has 0 aliphatic rings. The highest BCUT2D eigenvalue weighted by molar-refractivity contribution is 5.90. The van der Waals surface area contributed by atoms with E-state index in [9.17, 15) is 4.79 Å². The summed E-state index contributed by atoms with van der Waals surface area (Å²) in [4.78, 5) is 14.6. The van der Waals surface area contributed by atoms with Crippen LogP contribution in [0.4, 0.5) is 10.5 Å². The second kappa shape index (κ2) is 9.71. The molecule has 2 aromatic rings. The molecule has 0 radical (unpaired) electrons. The summed E-state index contributed by atoms with van der Waals surface area (Å²) >= 11 is 0. The summed E-state index contributed by atoms with van der Waals surface area (Å²) in [5.74, 6) is 2.07. The molecular formula is C21H28N2O4. The molecule has 2 amide bonds. The fraction of sp³-hybridized carbons (Fsp3) is 0.381. The van der Waals surface area contributed by atoms with Crippen LogP contribution in [0, 0.1) is 0 Å². The van der Waals surface area contributed by atoms with Gasteiger partial charge >= 0.3 is 6.03 Å². The first-order valence-corrected chi connectivity index (χ1v) is 8.94. The molecular weight excluding hydrogens is 344 g/mol. The van der Waals surface area contributed by atoms with Crippen LogP contribution < -0.4 is 19.5 Å². The number of methoxy groups -OCH3 is 3. The minimum atomic E-state index is -0.159. The highest BCUT2D eigenvalue weighted by atomic mass is 16.5. The molecule has 0 spiro atoms. The number of likely N-dealkylation sites (N-methyl/N-ethyl adjacent to an activating group) is 1. The zero-order valence-electron chi connectivity index (χ0n) is 16.6. The van der Waals surface area contributed by atoms with Crippen LogP contribution in [0.25, 0.3) is 0 Å². The van der Waals surface area contributed by atoms with Gasteiger partial charge in [0, 0.05) is 36.5 Å². The van der Waals surface area contributed by atoms with Gasteiger partial charge in [-0.15, -0.1) is 0 Å². The Bertz CT molecular complexity index is 724. The number of hydrogen-bond acceptors (Lipinski definition) is 4. The van der Waals surface area contributed by atoms with E-state index in [0.717, 1.165) is 17.7 Å². The molecule has 0 aliphatic carbocycles. The van der Waals surface area contributed by atoms with E-state index < -0.39 is 0 Å². The van der Waals surface area contributed by atoms with Crippen LogP contribution in [0.1, 0.15) is 19.4 Å². The molecule has 146 valence electrons. The van der Waals surface area contributed by atoms with Crippen molar-refractivity contribution in [1.82, 2.24) is 4.90 Å². The minimum Gasteiger partial charge on any atom is -0.497 e. The Hall–Kier alpha value is -2.89. The topological polar surface area (TPSA) is 60.0 Å². The number of ether oxygens (including phenoxy) is 3. The lowest BCUT2D eigenvalue weighted by atomic mass is 10.1. The van der Waals surface area contributed by atoms with Gasteiger partial charge in [0.05, 0.1) is 21.3 Å². The number of anilines is 1. The number of nitrogens with zero attached hydrogens (tertiary/aromatic N) is 1. The predicted octanol–water partition coefficient (Wildman–Crippen LogP) is 4.20. The van der Waals surface area contributed by atoms with Crippen LogP contribution in [0.2, 0.25) is 0 Å². The van der Waals surface area contributed by atoms with Gasteiger partial charge in [-0.2, -0.15) is 0 Å². The van der Waals surface area contributed by atoms with Gasteiger partial charge in [0.2, 0.25) is 0 Å². The van der Waals surface area contributed by atoms with Crippen LogP contribution in [-0.2, 0) is 6.42 Å². The Morgan fingerprint density at radius 2 is 1.52 bits per heavy atom. The summed E-state index contributed by atoms with van der Waals surface area (Å²) in [7, 11) is 4.81. The summed E-state index contributed by atoms with van der Waals surface area (Å²) in [5.41, 5.74) is 1.78. The van der Waals surface area contributed by atoms with E-state index in [-0.39, 0.29) is 12.1 Å². The summed E-state index contributed by atoms with van der Waals surface area (Å²) in [6, 6.07) is 13.1. The van der Waals surface area contributed by atoms with Gasteiger partial charge in [-0.3, -0.25) is 0 Å². The molecule has 0 saturated heterocycles. The van der Waals surface area contributed by atoms with Crippen LogP contribution in [0.5, 0.6) is 17.2 Å². The Balaban J connectivity index is 2.07. The summed E-state index contributed by atoms with van der Waals surface area (Å²) in [6.07, 6.45) is 0.757. The minimum absolute atomic E-state index is 0.0379. The van der Waals surface area contributed by atoms with E-state index in [4.69, 9.17) is 14.2 Å². The Kier molecular flexibility index (Phi) is 7.34. The molecule has 0 heterocycles. The summed E-state index contributed by atoms with van der Waals surface area (Å²) in [6.45, 7) is 4.61. The van der Waals surface area contributed by atoms with Crippen molar-refractivity contribution in [3.63, 3.8) is 0 Å². The molecule has 1 unspecified atom stereocenters. The number of hydrogen-bond donors (Lipinski definition) is 1. The zero-order chi connectivity index (χ0) is 19.8.